The molecule has 0 saturated heterocycles. The van der Waals surface area contributed by atoms with Crippen molar-refractivity contribution in [1.82, 2.24) is 4.90 Å². The number of nitrogens with zero attached hydrogens (tertiary/aromatic N) is 1. The Balaban J connectivity index is 2.16. The van der Waals surface area contributed by atoms with Crippen LogP contribution in [0.3, 0.4) is 0 Å². The first-order valence-electron chi connectivity index (χ1n) is 6.85. The van der Waals surface area contributed by atoms with Crippen LogP contribution in [0.15, 0.2) is 53.4 Å². The average Bonchev–Trinajstić information content (AvgIpc) is 2.48. The van der Waals surface area contributed by atoms with Gasteiger partial charge in [0.2, 0.25) is 10.0 Å². The molecule has 22 heavy (non-hydrogen) atoms. The molecule has 0 aliphatic heterocycles. The van der Waals surface area contributed by atoms with Crippen LogP contribution < -0.4 is 5.14 Å². The Labute approximate surface area is 130 Å². The van der Waals surface area contributed by atoms with Crippen LogP contribution in [0.5, 0.6) is 0 Å². The molecule has 2 rings (SSSR count). The molecule has 1 unspecified atom stereocenters. The average molecular weight is 322 g/mol. The topological polar surface area (TPSA) is 63.4 Å². The van der Waals surface area contributed by atoms with Crippen LogP contribution in [-0.2, 0) is 16.6 Å². The molecule has 2 aromatic rings. The maximum atomic E-state index is 12.9. The summed E-state index contributed by atoms with van der Waals surface area (Å²) in [5.41, 5.74) is 1.84. The molecule has 0 aliphatic rings. The maximum absolute atomic E-state index is 12.9. The molecule has 0 spiro atoms. The Morgan fingerprint density at radius 2 is 1.82 bits per heavy atom. The van der Waals surface area contributed by atoms with E-state index in [-0.39, 0.29) is 16.8 Å². The van der Waals surface area contributed by atoms with E-state index in [1.807, 2.05) is 20.0 Å². The SMILES string of the molecule is CC(c1cccc(S(N)(=O)=O)c1)N(C)Cc1ccc(F)cc1. The lowest BCUT2D eigenvalue weighted by Gasteiger charge is -2.25. The van der Waals surface area contributed by atoms with E-state index in [2.05, 4.69) is 4.90 Å². The van der Waals surface area contributed by atoms with Gasteiger partial charge in [0.1, 0.15) is 5.82 Å². The zero-order chi connectivity index (χ0) is 16.3. The van der Waals surface area contributed by atoms with Crippen LogP contribution in [0.25, 0.3) is 0 Å². The van der Waals surface area contributed by atoms with Crippen molar-refractivity contribution in [2.45, 2.75) is 24.4 Å². The third-order valence-corrected chi connectivity index (χ3v) is 4.59. The maximum Gasteiger partial charge on any atom is 0.238 e. The van der Waals surface area contributed by atoms with Crippen molar-refractivity contribution in [3.8, 4) is 0 Å². The van der Waals surface area contributed by atoms with Crippen molar-refractivity contribution in [2.24, 2.45) is 5.14 Å². The number of sulfonamides is 1. The second-order valence-corrected chi connectivity index (χ2v) is 6.90. The molecule has 0 fully saturated rings. The molecule has 0 aromatic heterocycles. The van der Waals surface area contributed by atoms with Crippen molar-refractivity contribution in [2.75, 3.05) is 7.05 Å². The number of halogens is 1. The molecular formula is C16H19FN2O2S. The molecule has 1 atom stereocenters. The highest BCUT2D eigenvalue weighted by Crippen LogP contribution is 2.23. The lowest BCUT2D eigenvalue weighted by Crippen LogP contribution is -2.22. The molecule has 0 amide bonds. The molecule has 2 aromatic carbocycles. The molecule has 4 nitrogen and oxygen atoms in total. The van der Waals surface area contributed by atoms with E-state index < -0.39 is 10.0 Å². The van der Waals surface area contributed by atoms with Crippen LogP contribution in [0, 0.1) is 5.82 Å². The largest absolute Gasteiger partial charge is 0.295 e. The number of hydrogen-bond donors (Lipinski definition) is 1. The highest BCUT2D eigenvalue weighted by atomic mass is 32.2. The van der Waals surface area contributed by atoms with Gasteiger partial charge in [-0.25, -0.2) is 17.9 Å². The van der Waals surface area contributed by atoms with Gasteiger partial charge in [-0.15, -0.1) is 0 Å². The van der Waals surface area contributed by atoms with Crippen LogP contribution in [0.1, 0.15) is 24.1 Å². The van der Waals surface area contributed by atoms with Gasteiger partial charge in [0, 0.05) is 12.6 Å². The number of hydrogen-bond acceptors (Lipinski definition) is 3. The lowest BCUT2D eigenvalue weighted by atomic mass is 10.1. The van der Waals surface area contributed by atoms with E-state index in [9.17, 15) is 12.8 Å². The first-order valence-corrected chi connectivity index (χ1v) is 8.39. The molecular weight excluding hydrogens is 303 g/mol. The minimum absolute atomic E-state index is 0.00764. The third-order valence-electron chi connectivity index (χ3n) is 3.68. The summed E-state index contributed by atoms with van der Waals surface area (Å²) in [6.07, 6.45) is 0. The number of primary sulfonamides is 1. The Morgan fingerprint density at radius 3 is 2.41 bits per heavy atom. The first-order chi connectivity index (χ1) is 10.3. The monoisotopic (exact) mass is 322 g/mol. The minimum Gasteiger partial charge on any atom is -0.295 e. The van der Waals surface area contributed by atoms with Crippen molar-refractivity contribution in [3.63, 3.8) is 0 Å². The zero-order valence-electron chi connectivity index (χ0n) is 12.5. The van der Waals surface area contributed by atoms with Crippen LogP contribution in [0.2, 0.25) is 0 Å². The fourth-order valence-corrected chi connectivity index (χ4v) is 2.79. The van der Waals surface area contributed by atoms with Crippen LogP contribution in [0.4, 0.5) is 4.39 Å². The summed E-state index contributed by atoms with van der Waals surface area (Å²) < 4.78 is 35.8. The van der Waals surface area contributed by atoms with Crippen LogP contribution in [-0.4, -0.2) is 20.4 Å². The molecule has 118 valence electrons. The predicted molar refractivity (Wildman–Crippen MR) is 84.1 cm³/mol. The summed E-state index contributed by atoms with van der Waals surface area (Å²) in [4.78, 5) is 2.15. The number of nitrogens with two attached hydrogens (primary N) is 1. The zero-order valence-corrected chi connectivity index (χ0v) is 13.3. The highest BCUT2D eigenvalue weighted by molar-refractivity contribution is 7.89. The smallest absolute Gasteiger partial charge is 0.238 e. The van der Waals surface area contributed by atoms with E-state index in [0.717, 1.165) is 11.1 Å². The van der Waals surface area contributed by atoms with Gasteiger partial charge < -0.3 is 0 Å². The fraction of sp³-hybridized carbons (Fsp3) is 0.250. The highest BCUT2D eigenvalue weighted by Gasteiger charge is 2.15. The Hall–Kier alpha value is -1.76. The van der Waals surface area contributed by atoms with E-state index in [1.54, 1.807) is 24.3 Å². The molecule has 6 heteroatoms. The standard InChI is InChI=1S/C16H19FN2O2S/c1-12(14-4-3-5-16(10-14)22(18,20)21)19(2)11-13-6-8-15(17)9-7-13/h3-10,12H,11H2,1-2H3,(H2,18,20,21). The summed E-state index contributed by atoms with van der Waals surface area (Å²) in [7, 11) is -1.78. The summed E-state index contributed by atoms with van der Waals surface area (Å²) in [6, 6.07) is 12.9. The number of rotatable bonds is 5. The molecule has 0 bridgehead atoms. The van der Waals surface area contributed by atoms with Crippen molar-refractivity contribution in [3.05, 3.63) is 65.5 Å². The summed E-state index contributed by atoms with van der Waals surface area (Å²) in [6.45, 7) is 2.60. The van der Waals surface area contributed by atoms with Gasteiger partial charge >= 0.3 is 0 Å². The number of benzene rings is 2. The van der Waals surface area contributed by atoms with E-state index in [4.69, 9.17) is 5.14 Å². The van der Waals surface area contributed by atoms with Gasteiger partial charge in [-0.2, -0.15) is 0 Å². The predicted octanol–water partition coefficient (Wildman–Crippen LogP) is 2.67. The fourth-order valence-electron chi connectivity index (χ4n) is 2.22. The molecule has 0 saturated carbocycles. The molecule has 2 N–H and O–H groups in total. The second kappa shape index (κ2) is 6.56. The normalized spacial score (nSPS) is 13.3. The Kier molecular flexibility index (Phi) is 4.95. The molecule has 0 heterocycles. The van der Waals surface area contributed by atoms with E-state index in [0.29, 0.717) is 6.54 Å². The van der Waals surface area contributed by atoms with Crippen molar-refractivity contribution >= 4 is 10.0 Å². The van der Waals surface area contributed by atoms with Crippen LogP contribution >= 0.6 is 0 Å². The quantitative estimate of drug-likeness (QED) is 0.920. The summed E-state index contributed by atoms with van der Waals surface area (Å²) in [5, 5.41) is 5.16. The summed E-state index contributed by atoms with van der Waals surface area (Å²) in [5.74, 6) is -0.264. The molecule has 0 aliphatic carbocycles. The van der Waals surface area contributed by atoms with E-state index in [1.165, 1.54) is 18.2 Å². The Morgan fingerprint density at radius 1 is 1.18 bits per heavy atom. The van der Waals surface area contributed by atoms with Gasteiger partial charge in [-0.1, -0.05) is 24.3 Å². The Bertz CT molecular complexity index is 745. The van der Waals surface area contributed by atoms with Crippen molar-refractivity contribution < 1.29 is 12.8 Å². The minimum atomic E-state index is -3.71. The van der Waals surface area contributed by atoms with E-state index >= 15 is 0 Å². The van der Waals surface area contributed by atoms with Gasteiger partial charge in [0.25, 0.3) is 0 Å². The van der Waals surface area contributed by atoms with Gasteiger partial charge in [0.15, 0.2) is 0 Å². The third kappa shape index (κ3) is 4.13. The van der Waals surface area contributed by atoms with Gasteiger partial charge in [-0.05, 0) is 49.4 Å². The molecule has 0 radical (unpaired) electrons. The van der Waals surface area contributed by atoms with Gasteiger partial charge in [0.05, 0.1) is 4.90 Å². The first kappa shape index (κ1) is 16.6. The lowest BCUT2D eigenvalue weighted by molar-refractivity contribution is 0.253. The van der Waals surface area contributed by atoms with Crippen molar-refractivity contribution in [1.29, 1.82) is 0 Å². The van der Waals surface area contributed by atoms with Gasteiger partial charge in [-0.3, -0.25) is 4.90 Å². The summed E-state index contributed by atoms with van der Waals surface area (Å²) >= 11 is 0. The second-order valence-electron chi connectivity index (χ2n) is 5.34.